The molecule has 0 saturated heterocycles. The van der Waals surface area contributed by atoms with E-state index in [1.807, 2.05) is 0 Å². The summed E-state index contributed by atoms with van der Waals surface area (Å²) < 4.78 is 14.8. The highest BCUT2D eigenvalue weighted by molar-refractivity contribution is 6.16. The smallest absolute Gasteiger partial charge is 0.340 e. The van der Waals surface area contributed by atoms with Crippen LogP contribution in [0.4, 0.5) is 0 Å². The SMILES string of the molecule is C[C@@](OCCC(C(=O)O)(C(=O)O)C(=O)O)(OC(=O)[C@H](O)[C@@H](O)[C@H](O)[C@H](O)CO)[C@@H](OC(=O)C=C(CC(=O)O)C(=O)O)[C@H](O)[C@H](O)CO. The fraction of sp³-hybridized carbons (Fsp3) is 0.625. The fourth-order valence-electron chi connectivity index (χ4n) is 3.54. The van der Waals surface area contributed by atoms with Crippen molar-refractivity contribution >= 4 is 41.8 Å². The molecule has 0 aliphatic rings. The fourth-order valence-corrected chi connectivity index (χ4v) is 3.54. The van der Waals surface area contributed by atoms with Crippen molar-refractivity contribution in [3.8, 4) is 0 Å². The van der Waals surface area contributed by atoms with Crippen molar-refractivity contribution in [1.29, 1.82) is 0 Å². The second-order valence-electron chi connectivity index (χ2n) is 9.68. The minimum Gasteiger partial charge on any atom is -0.481 e. The third kappa shape index (κ3) is 11.2. The average Bonchev–Trinajstić information content (AvgIpc) is 2.98. The number of carbonyl (C=O) groups excluding carboxylic acids is 2. The molecule has 0 aromatic heterocycles. The normalized spacial score (nSPS) is 17.9. The van der Waals surface area contributed by atoms with Gasteiger partial charge in [0.2, 0.25) is 0 Å². The van der Waals surface area contributed by atoms with E-state index < -0.39 is 134 Å². The van der Waals surface area contributed by atoms with Crippen molar-refractivity contribution in [1.82, 2.24) is 0 Å². The summed E-state index contributed by atoms with van der Waals surface area (Å²) in [4.78, 5) is 82.5. The Balaban J connectivity index is 7.06. The third-order valence-electron chi connectivity index (χ3n) is 6.32. The van der Waals surface area contributed by atoms with E-state index >= 15 is 0 Å². The van der Waals surface area contributed by atoms with Crippen LogP contribution in [0.1, 0.15) is 19.8 Å². The lowest BCUT2D eigenvalue weighted by molar-refractivity contribution is -0.293. The molecule has 0 unspecified atom stereocenters. The standard InChI is InChI=1S/C24H34O23/c1-23(45-3-2-24(20(39)40,21(41)42)22(43)44,47-19(38)16(35)15(34)13(32)9(27)6-25)17(14(33)10(28)7-26)46-12(31)5-8(18(36)37)4-11(29)30/h5,9-10,13-17,25-28,32-35H,2-4,6-7H2,1H3,(H,29,30)(H,36,37)(H,39,40)(H,41,42)(H,43,44)/t9-,10-,13-,14-,15+,16-,17+,23-/m1/s1. The maximum Gasteiger partial charge on any atom is 0.340 e. The summed E-state index contributed by atoms with van der Waals surface area (Å²) in [5, 5.41) is 124. The van der Waals surface area contributed by atoms with Crippen molar-refractivity contribution in [2.45, 2.75) is 68.3 Å². The lowest BCUT2D eigenvalue weighted by Crippen LogP contribution is -2.59. The van der Waals surface area contributed by atoms with E-state index in [0.29, 0.717) is 6.92 Å². The summed E-state index contributed by atoms with van der Waals surface area (Å²) >= 11 is 0. The molecule has 268 valence electrons. The molecular weight excluding hydrogens is 656 g/mol. The van der Waals surface area contributed by atoms with Gasteiger partial charge in [-0.3, -0.25) is 19.2 Å². The predicted molar refractivity (Wildman–Crippen MR) is 138 cm³/mol. The van der Waals surface area contributed by atoms with Gasteiger partial charge in [-0.1, -0.05) is 0 Å². The van der Waals surface area contributed by atoms with Gasteiger partial charge in [0.05, 0.1) is 31.8 Å². The Kier molecular flexibility index (Phi) is 16.5. The summed E-state index contributed by atoms with van der Waals surface area (Å²) in [7, 11) is 0. The topological polar surface area (TPSA) is 410 Å². The van der Waals surface area contributed by atoms with Crippen molar-refractivity contribution in [3.05, 3.63) is 11.6 Å². The van der Waals surface area contributed by atoms with Crippen LogP contribution in [0.15, 0.2) is 11.6 Å². The van der Waals surface area contributed by atoms with Gasteiger partial charge in [-0.25, -0.2) is 14.4 Å². The molecule has 23 heteroatoms. The zero-order valence-corrected chi connectivity index (χ0v) is 24.1. The molecule has 0 saturated carbocycles. The molecule has 0 aromatic rings. The van der Waals surface area contributed by atoms with Gasteiger partial charge in [-0.05, 0) is 0 Å². The number of rotatable bonds is 22. The molecular formula is C24H34O23. The molecule has 47 heavy (non-hydrogen) atoms. The molecule has 0 amide bonds. The number of hydrogen-bond acceptors (Lipinski definition) is 18. The molecule has 0 radical (unpaired) electrons. The first-order valence-corrected chi connectivity index (χ1v) is 12.8. The lowest BCUT2D eigenvalue weighted by atomic mass is 9.85. The van der Waals surface area contributed by atoms with Gasteiger partial charge in [-0.15, -0.1) is 0 Å². The number of ether oxygens (including phenoxy) is 3. The predicted octanol–water partition coefficient (Wildman–Crippen LogP) is -6.56. The Labute approximate surface area is 261 Å². The molecule has 0 fully saturated rings. The van der Waals surface area contributed by atoms with Crippen LogP contribution in [0.5, 0.6) is 0 Å². The number of carboxylic acids is 5. The first-order valence-electron chi connectivity index (χ1n) is 12.8. The lowest BCUT2D eigenvalue weighted by Gasteiger charge is -2.40. The van der Waals surface area contributed by atoms with E-state index in [4.69, 9.17) is 29.5 Å². The highest BCUT2D eigenvalue weighted by atomic mass is 16.7. The van der Waals surface area contributed by atoms with Crippen molar-refractivity contribution in [2.24, 2.45) is 5.41 Å². The van der Waals surface area contributed by atoms with Crippen LogP contribution in [0.3, 0.4) is 0 Å². The van der Waals surface area contributed by atoms with Crippen LogP contribution in [-0.2, 0) is 47.8 Å². The van der Waals surface area contributed by atoms with Crippen LogP contribution >= 0.6 is 0 Å². The minimum atomic E-state index is -3.66. The van der Waals surface area contributed by atoms with E-state index in [9.17, 15) is 84.6 Å². The Hall–Kier alpha value is -4.33. The van der Waals surface area contributed by atoms with Crippen molar-refractivity contribution in [3.63, 3.8) is 0 Å². The number of hydrogen-bond donors (Lipinski definition) is 13. The summed E-state index contributed by atoms with van der Waals surface area (Å²) in [6.45, 7) is -3.54. The molecule has 0 aromatic carbocycles. The molecule has 0 spiro atoms. The van der Waals surface area contributed by atoms with Crippen LogP contribution in [0.25, 0.3) is 0 Å². The molecule has 23 nitrogen and oxygen atoms in total. The Morgan fingerprint density at radius 2 is 1.19 bits per heavy atom. The van der Waals surface area contributed by atoms with Crippen molar-refractivity contribution in [2.75, 3.05) is 19.8 Å². The van der Waals surface area contributed by atoms with Gasteiger partial charge in [-0.2, -0.15) is 0 Å². The van der Waals surface area contributed by atoms with Crippen LogP contribution < -0.4 is 0 Å². The first kappa shape index (κ1) is 42.7. The van der Waals surface area contributed by atoms with Crippen LogP contribution in [0, 0.1) is 5.41 Å². The zero-order chi connectivity index (χ0) is 37.0. The van der Waals surface area contributed by atoms with E-state index in [-0.39, 0.29) is 6.08 Å². The molecule has 0 aliphatic heterocycles. The van der Waals surface area contributed by atoms with Crippen LogP contribution in [-0.4, -0.2) is 177 Å². The van der Waals surface area contributed by atoms with Gasteiger partial charge in [0, 0.05) is 19.4 Å². The first-order chi connectivity index (χ1) is 21.5. The average molecular weight is 691 g/mol. The number of carboxylic acid groups (broad SMARTS) is 5. The van der Waals surface area contributed by atoms with E-state index in [1.54, 1.807) is 0 Å². The maximum absolute atomic E-state index is 12.8. The number of aliphatic carboxylic acids is 5. The zero-order valence-electron chi connectivity index (χ0n) is 24.1. The Bertz CT molecular complexity index is 1160. The Morgan fingerprint density at radius 3 is 1.60 bits per heavy atom. The van der Waals surface area contributed by atoms with Crippen LogP contribution in [0.2, 0.25) is 0 Å². The van der Waals surface area contributed by atoms with Gasteiger partial charge in [0.25, 0.3) is 11.2 Å². The van der Waals surface area contributed by atoms with E-state index in [1.165, 1.54) is 0 Å². The van der Waals surface area contributed by atoms with Gasteiger partial charge >= 0.3 is 41.8 Å². The summed E-state index contributed by atoms with van der Waals surface area (Å²) in [5.74, 6) is -18.4. The highest BCUT2D eigenvalue weighted by Crippen LogP contribution is 2.30. The largest absolute Gasteiger partial charge is 0.481 e. The van der Waals surface area contributed by atoms with Gasteiger partial charge < -0.3 is 80.6 Å². The summed E-state index contributed by atoms with van der Waals surface area (Å²) in [6, 6.07) is 0. The second kappa shape index (κ2) is 18.1. The Morgan fingerprint density at radius 1 is 0.723 bits per heavy atom. The third-order valence-corrected chi connectivity index (χ3v) is 6.32. The molecule has 0 rings (SSSR count). The van der Waals surface area contributed by atoms with E-state index in [0.717, 1.165) is 0 Å². The maximum atomic E-state index is 12.8. The number of carbonyl (C=O) groups is 7. The molecule has 13 N–H and O–H groups in total. The summed E-state index contributed by atoms with van der Waals surface area (Å²) in [6.07, 6.45) is -20.9. The quantitative estimate of drug-likeness (QED) is 0.0217. The van der Waals surface area contributed by atoms with Gasteiger partial charge in [0.15, 0.2) is 12.2 Å². The highest BCUT2D eigenvalue weighted by Gasteiger charge is 2.56. The molecule has 8 atom stereocenters. The monoisotopic (exact) mass is 690 g/mol. The van der Waals surface area contributed by atoms with E-state index in [2.05, 4.69) is 0 Å². The number of esters is 2. The number of aliphatic hydroxyl groups excluding tert-OH is 8. The van der Waals surface area contributed by atoms with Gasteiger partial charge in [0.1, 0.15) is 30.5 Å². The minimum absolute atomic E-state index is 0.0271. The van der Waals surface area contributed by atoms with Crippen molar-refractivity contribution < 1.29 is 114 Å². The number of aliphatic hydroxyl groups is 8. The second-order valence-corrected chi connectivity index (χ2v) is 9.68. The molecule has 0 bridgehead atoms. The molecule has 0 heterocycles. The molecule has 0 aliphatic carbocycles. The summed E-state index contributed by atoms with van der Waals surface area (Å²) in [5.41, 5.74) is -4.81.